The molecule has 3 aromatic rings. The number of nitrogens with one attached hydrogen (secondary N) is 1. The number of fused-ring (bicyclic) bond motifs is 1. The summed E-state index contributed by atoms with van der Waals surface area (Å²) in [6.07, 6.45) is 1.62. The van der Waals surface area contributed by atoms with Crippen LogP contribution in [0.1, 0.15) is 18.3 Å². The first-order valence-corrected chi connectivity index (χ1v) is 8.03. The van der Waals surface area contributed by atoms with Crippen LogP contribution in [0.25, 0.3) is 22.6 Å². The van der Waals surface area contributed by atoms with E-state index in [0.29, 0.717) is 33.8 Å². The van der Waals surface area contributed by atoms with Gasteiger partial charge in [0.25, 0.3) is 5.56 Å². The monoisotopic (exact) mass is 351 g/mol. The third-order valence-electron chi connectivity index (χ3n) is 3.56. The maximum atomic E-state index is 12.2. The Morgan fingerprint density at radius 2 is 2.16 bits per heavy atom. The van der Waals surface area contributed by atoms with Gasteiger partial charge in [-0.05, 0) is 42.8 Å². The molecule has 3 rings (SSSR count). The van der Waals surface area contributed by atoms with Crippen molar-refractivity contribution in [2.45, 2.75) is 6.92 Å². The van der Waals surface area contributed by atoms with Gasteiger partial charge in [-0.3, -0.25) is 4.79 Å². The number of para-hydroxylation sites is 1. The molecule has 0 aliphatic rings. The Morgan fingerprint density at radius 3 is 2.88 bits per heavy atom. The topological polar surface area (TPSA) is 78.8 Å². The minimum Gasteiger partial charge on any atom is -0.492 e. The van der Waals surface area contributed by atoms with Crippen LogP contribution in [0.3, 0.4) is 0 Å². The van der Waals surface area contributed by atoms with E-state index in [4.69, 9.17) is 16.3 Å². The van der Waals surface area contributed by atoms with Crippen molar-refractivity contribution in [2.24, 2.45) is 0 Å². The van der Waals surface area contributed by atoms with Crippen molar-refractivity contribution in [2.75, 3.05) is 6.61 Å². The zero-order valence-corrected chi connectivity index (χ0v) is 14.2. The molecule has 0 fully saturated rings. The van der Waals surface area contributed by atoms with E-state index in [2.05, 4.69) is 16.0 Å². The number of nitriles is 1. The number of ether oxygens (including phenoxy) is 1. The molecule has 1 N–H and O–H groups in total. The first-order chi connectivity index (χ1) is 12.1. The number of H-pyrrole nitrogens is 1. The number of allylic oxidation sites excluding steroid dienone is 1. The number of aromatic amines is 1. The van der Waals surface area contributed by atoms with Crippen LogP contribution in [0, 0.1) is 11.3 Å². The zero-order valence-electron chi connectivity index (χ0n) is 13.4. The first kappa shape index (κ1) is 16.7. The molecule has 0 saturated carbocycles. The summed E-state index contributed by atoms with van der Waals surface area (Å²) in [4.78, 5) is 19.2. The van der Waals surface area contributed by atoms with Crippen molar-refractivity contribution in [1.82, 2.24) is 9.97 Å². The van der Waals surface area contributed by atoms with Crippen molar-refractivity contribution < 1.29 is 4.74 Å². The van der Waals surface area contributed by atoms with E-state index in [-0.39, 0.29) is 17.0 Å². The lowest BCUT2D eigenvalue weighted by atomic mass is 10.1. The Labute approximate surface area is 149 Å². The molecule has 2 aromatic carbocycles. The lowest BCUT2D eigenvalue weighted by molar-refractivity contribution is 0.340. The summed E-state index contributed by atoms with van der Waals surface area (Å²) in [5, 5.41) is 10.4. The van der Waals surface area contributed by atoms with Gasteiger partial charge in [0.2, 0.25) is 0 Å². The van der Waals surface area contributed by atoms with Crippen molar-refractivity contribution in [3.8, 4) is 11.8 Å². The smallest absolute Gasteiger partial charge is 0.259 e. The van der Waals surface area contributed by atoms with Gasteiger partial charge in [-0.25, -0.2) is 4.98 Å². The Hall–Kier alpha value is -3.10. The van der Waals surface area contributed by atoms with Crippen LogP contribution in [0.2, 0.25) is 5.02 Å². The molecule has 0 spiro atoms. The molecular weight excluding hydrogens is 338 g/mol. The van der Waals surface area contributed by atoms with Crippen molar-refractivity contribution in [1.29, 1.82) is 5.26 Å². The van der Waals surface area contributed by atoms with Gasteiger partial charge in [0.15, 0.2) is 5.82 Å². The van der Waals surface area contributed by atoms with Crippen LogP contribution < -0.4 is 10.3 Å². The maximum Gasteiger partial charge on any atom is 0.259 e. The van der Waals surface area contributed by atoms with E-state index >= 15 is 0 Å². The fourth-order valence-corrected chi connectivity index (χ4v) is 2.66. The first-order valence-electron chi connectivity index (χ1n) is 7.66. The van der Waals surface area contributed by atoms with Gasteiger partial charge < -0.3 is 9.72 Å². The Kier molecular flexibility index (Phi) is 4.82. The lowest BCUT2D eigenvalue weighted by Crippen LogP contribution is -2.11. The highest BCUT2D eigenvalue weighted by molar-refractivity contribution is 6.32. The van der Waals surface area contributed by atoms with Gasteiger partial charge in [-0.1, -0.05) is 29.8 Å². The summed E-state index contributed by atoms with van der Waals surface area (Å²) in [5.41, 5.74) is 1.20. The van der Waals surface area contributed by atoms with Gasteiger partial charge in [0.1, 0.15) is 11.8 Å². The number of benzene rings is 2. The van der Waals surface area contributed by atoms with Crippen molar-refractivity contribution in [3.63, 3.8) is 0 Å². The van der Waals surface area contributed by atoms with Crippen molar-refractivity contribution in [3.05, 3.63) is 69.2 Å². The van der Waals surface area contributed by atoms with Gasteiger partial charge in [0, 0.05) is 0 Å². The summed E-state index contributed by atoms with van der Waals surface area (Å²) in [5.74, 6) is 0.799. The lowest BCUT2D eigenvalue weighted by Gasteiger charge is -2.06. The second-order valence-corrected chi connectivity index (χ2v) is 5.63. The second-order valence-electron chi connectivity index (χ2n) is 5.22. The third kappa shape index (κ3) is 3.54. The number of nitrogens with zero attached hydrogens (tertiary/aromatic N) is 2. The Bertz CT molecular complexity index is 1060. The summed E-state index contributed by atoms with van der Waals surface area (Å²) >= 11 is 6.17. The fraction of sp³-hybridized carbons (Fsp3) is 0.105. The Morgan fingerprint density at radius 1 is 1.36 bits per heavy atom. The highest BCUT2D eigenvalue weighted by atomic mass is 35.5. The average Bonchev–Trinajstić information content (AvgIpc) is 2.62. The normalized spacial score (nSPS) is 11.3. The SMILES string of the molecule is CCOc1ccc(/C=C(/C#N)c2nc3ccccc3c(=O)[nH]2)cc1Cl. The number of aromatic nitrogens is 2. The minimum absolute atomic E-state index is 0.219. The molecule has 0 saturated heterocycles. The third-order valence-corrected chi connectivity index (χ3v) is 3.85. The number of hydrogen-bond donors (Lipinski definition) is 1. The zero-order chi connectivity index (χ0) is 17.8. The molecule has 0 aliphatic carbocycles. The summed E-state index contributed by atoms with van der Waals surface area (Å²) in [6.45, 7) is 2.39. The molecule has 1 aromatic heterocycles. The average molecular weight is 352 g/mol. The highest BCUT2D eigenvalue weighted by Crippen LogP contribution is 2.27. The second kappa shape index (κ2) is 7.20. The van der Waals surface area contributed by atoms with E-state index in [1.54, 1.807) is 48.5 Å². The largest absolute Gasteiger partial charge is 0.492 e. The van der Waals surface area contributed by atoms with Crippen molar-refractivity contribution >= 4 is 34.2 Å². The van der Waals surface area contributed by atoms with Gasteiger partial charge in [0.05, 0.1) is 28.1 Å². The summed E-state index contributed by atoms with van der Waals surface area (Å²) in [7, 11) is 0. The van der Waals surface area contributed by atoms with Gasteiger partial charge in [-0.2, -0.15) is 5.26 Å². The molecule has 6 heteroatoms. The molecule has 0 amide bonds. The summed E-state index contributed by atoms with van der Waals surface area (Å²) in [6, 6.07) is 14.3. The van der Waals surface area contributed by atoms with E-state index in [1.165, 1.54) is 0 Å². The van der Waals surface area contributed by atoms with Crippen LogP contribution in [0.15, 0.2) is 47.3 Å². The van der Waals surface area contributed by atoms with Gasteiger partial charge >= 0.3 is 0 Å². The molecular formula is C19H14ClN3O2. The van der Waals surface area contributed by atoms with Gasteiger partial charge in [-0.15, -0.1) is 0 Å². The van der Waals surface area contributed by atoms with Crippen LogP contribution in [-0.2, 0) is 0 Å². The van der Waals surface area contributed by atoms with Crippen LogP contribution in [-0.4, -0.2) is 16.6 Å². The van der Waals surface area contributed by atoms with E-state index in [0.717, 1.165) is 0 Å². The standard InChI is InChI=1S/C19H14ClN3O2/c1-2-25-17-8-7-12(10-15(17)20)9-13(11-21)18-22-16-6-4-3-5-14(16)19(24)23-18/h3-10H,2H2,1H3,(H,22,23,24)/b13-9-. The van der Waals surface area contributed by atoms with E-state index in [1.807, 2.05) is 6.92 Å². The predicted molar refractivity (Wildman–Crippen MR) is 98.5 cm³/mol. The van der Waals surface area contributed by atoms with E-state index in [9.17, 15) is 10.1 Å². The molecule has 124 valence electrons. The molecule has 0 radical (unpaired) electrons. The van der Waals surface area contributed by atoms with Crippen LogP contribution >= 0.6 is 11.6 Å². The van der Waals surface area contributed by atoms with Crippen LogP contribution in [0.4, 0.5) is 0 Å². The molecule has 1 heterocycles. The molecule has 0 atom stereocenters. The highest BCUT2D eigenvalue weighted by Gasteiger charge is 2.09. The maximum absolute atomic E-state index is 12.2. The molecule has 0 unspecified atom stereocenters. The van der Waals surface area contributed by atoms with Crippen LogP contribution in [0.5, 0.6) is 5.75 Å². The fourth-order valence-electron chi connectivity index (χ4n) is 2.41. The summed E-state index contributed by atoms with van der Waals surface area (Å²) < 4.78 is 5.39. The number of rotatable bonds is 4. The molecule has 0 bridgehead atoms. The molecule has 0 aliphatic heterocycles. The number of hydrogen-bond acceptors (Lipinski definition) is 4. The minimum atomic E-state index is -0.286. The number of halogens is 1. The van der Waals surface area contributed by atoms with E-state index < -0.39 is 0 Å². The quantitative estimate of drug-likeness (QED) is 0.719. The molecule has 25 heavy (non-hydrogen) atoms. The Balaban J connectivity index is 2.06. The molecule has 5 nitrogen and oxygen atoms in total. The predicted octanol–water partition coefficient (Wildman–Crippen LogP) is 4.04.